The van der Waals surface area contributed by atoms with Gasteiger partial charge in [0.1, 0.15) is 23.6 Å². The van der Waals surface area contributed by atoms with Gasteiger partial charge in [-0.25, -0.2) is 19.9 Å². The minimum Gasteiger partial charge on any atom is -0.354 e. The molecule has 4 aromatic rings. The number of fused-ring (bicyclic) bond motifs is 2. The summed E-state index contributed by atoms with van der Waals surface area (Å²) in [5.41, 5.74) is 14.8. The molecule has 0 radical (unpaired) electrons. The van der Waals surface area contributed by atoms with Gasteiger partial charge in [-0.05, 0) is 42.8 Å². The summed E-state index contributed by atoms with van der Waals surface area (Å²) in [7, 11) is 0. The SMILES string of the molecule is CCc1[nH]c2nc(Sc3ccc4c(N5CC(N)C5)ncnc4c3)nc(N3CCC(N)C3)c2c1Cl. The second kappa shape index (κ2) is 8.53. The van der Waals surface area contributed by atoms with Crippen molar-refractivity contribution in [2.75, 3.05) is 36.0 Å². The van der Waals surface area contributed by atoms with Crippen molar-refractivity contribution in [3.05, 3.63) is 35.2 Å². The van der Waals surface area contributed by atoms with Gasteiger partial charge in [-0.15, -0.1) is 0 Å². The molecule has 0 aliphatic carbocycles. The molecule has 5 N–H and O–H groups in total. The van der Waals surface area contributed by atoms with Gasteiger partial charge in [0.2, 0.25) is 0 Å². The van der Waals surface area contributed by atoms with Gasteiger partial charge in [0.25, 0.3) is 0 Å². The number of nitrogens with one attached hydrogen (secondary N) is 1. The fraction of sp³-hybridized carbons (Fsp3) is 0.391. The lowest BCUT2D eigenvalue weighted by Crippen LogP contribution is -2.56. The monoisotopic (exact) mass is 495 g/mol. The number of nitrogens with two attached hydrogens (primary N) is 2. The fourth-order valence-electron chi connectivity index (χ4n) is 4.70. The smallest absolute Gasteiger partial charge is 0.196 e. The van der Waals surface area contributed by atoms with E-state index in [0.717, 1.165) is 83.2 Å². The number of nitrogens with zero attached hydrogens (tertiary/aromatic N) is 6. The summed E-state index contributed by atoms with van der Waals surface area (Å²) in [6.07, 6.45) is 3.34. The maximum absolute atomic E-state index is 6.72. The Labute approximate surface area is 206 Å². The first-order valence-electron chi connectivity index (χ1n) is 11.5. The second-order valence-electron chi connectivity index (χ2n) is 8.96. The van der Waals surface area contributed by atoms with Gasteiger partial charge >= 0.3 is 0 Å². The highest BCUT2D eigenvalue weighted by Crippen LogP contribution is 2.38. The highest BCUT2D eigenvalue weighted by molar-refractivity contribution is 7.99. The molecule has 6 rings (SSSR count). The van der Waals surface area contributed by atoms with E-state index >= 15 is 0 Å². The molecule has 9 nitrogen and oxygen atoms in total. The molecule has 1 atom stereocenters. The molecule has 176 valence electrons. The quantitative estimate of drug-likeness (QED) is 0.358. The molecule has 5 heterocycles. The van der Waals surface area contributed by atoms with Gasteiger partial charge in [-0.2, -0.15) is 0 Å². The molecule has 2 fully saturated rings. The van der Waals surface area contributed by atoms with Crippen LogP contribution in [-0.4, -0.2) is 63.2 Å². The molecular formula is C23H26ClN9S. The summed E-state index contributed by atoms with van der Waals surface area (Å²) < 4.78 is 0. The maximum Gasteiger partial charge on any atom is 0.196 e. The Morgan fingerprint density at radius 1 is 1.09 bits per heavy atom. The normalized spacial score (nSPS) is 18.9. The number of hydrogen-bond acceptors (Lipinski definition) is 9. The Kier molecular flexibility index (Phi) is 5.48. The lowest BCUT2D eigenvalue weighted by Gasteiger charge is -2.38. The first-order chi connectivity index (χ1) is 16.5. The number of aromatic amines is 1. The number of anilines is 2. The highest BCUT2D eigenvalue weighted by atomic mass is 35.5. The van der Waals surface area contributed by atoms with E-state index in [0.29, 0.717) is 10.2 Å². The van der Waals surface area contributed by atoms with Gasteiger partial charge in [0.15, 0.2) is 5.16 Å². The second-order valence-corrected chi connectivity index (χ2v) is 10.4. The van der Waals surface area contributed by atoms with Crippen LogP contribution in [0, 0.1) is 0 Å². The zero-order valence-electron chi connectivity index (χ0n) is 18.8. The van der Waals surface area contributed by atoms with Crippen LogP contribution >= 0.6 is 23.4 Å². The molecule has 3 aromatic heterocycles. The number of H-pyrrole nitrogens is 1. The summed E-state index contributed by atoms with van der Waals surface area (Å²) >= 11 is 8.23. The lowest BCUT2D eigenvalue weighted by molar-refractivity contribution is 0.516. The molecule has 0 spiro atoms. The van der Waals surface area contributed by atoms with E-state index in [9.17, 15) is 0 Å². The van der Waals surface area contributed by atoms with Crippen molar-refractivity contribution < 1.29 is 0 Å². The van der Waals surface area contributed by atoms with Crippen LogP contribution in [0.5, 0.6) is 0 Å². The molecule has 1 unspecified atom stereocenters. The third-order valence-corrected chi connectivity index (χ3v) is 7.78. The lowest BCUT2D eigenvalue weighted by atomic mass is 10.1. The molecular weight excluding hydrogens is 470 g/mol. The zero-order valence-corrected chi connectivity index (χ0v) is 20.4. The summed E-state index contributed by atoms with van der Waals surface area (Å²) in [4.78, 5) is 27.5. The standard InChI is InChI=1S/C23H26ClN9S/c1-2-16-19(24)18-20(29-16)30-23(31-22(18)32-6-5-12(25)8-32)34-14-3-4-15-17(7-14)27-11-28-21(15)33-9-13(26)10-33/h3-4,7,11-13H,2,5-6,8-10,25-26H2,1H3,(H,29,30,31). The molecule has 34 heavy (non-hydrogen) atoms. The van der Waals surface area contributed by atoms with Gasteiger partial charge in [-0.3, -0.25) is 0 Å². The fourth-order valence-corrected chi connectivity index (χ4v) is 5.84. The summed E-state index contributed by atoms with van der Waals surface area (Å²) in [5, 5.41) is 3.25. The van der Waals surface area contributed by atoms with Crippen molar-refractivity contribution >= 4 is 56.9 Å². The Morgan fingerprint density at radius 3 is 2.65 bits per heavy atom. The van der Waals surface area contributed by atoms with Crippen LogP contribution in [0.25, 0.3) is 21.9 Å². The van der Waals surface area contributed by atoms with Crippen LogP contribution in [0.15, 0.2) is 34.6 Å². The average molecular weight is 496 g/mol. The molecule has 0 amide bonds. The van der Waals surface area contributed by atoms with Crippen molar-refractivity contribution in [1.82, 2.24) is 24.9 Å². The first-order valence-corrected chi connectivity index (χ1v) is 12.7. The van der Waals surface area contributed by atoms with E-state index in [4.69, 9.17) is 33.0 Å². The van der Waals surface area contributed by atoms with Gasteiger partial charge in [-0.1, -0.05) is 18.5 Å². The highest BCUT2D eigenvalue weighted by Gasteiger charge is 2.27. The molecule has 1 aromatic carbocycles. The molecule has 0 bridgehead atoms. The van der Waals surface area contributed by atoms with E-state index in [1.165, 1.54) is 11.8 Å². The van der Waals surface area contributed by atoms with Crippen LogP contribution in [-0.2, 0) is 6.42 Å². The topological polar surface area (TPSA) is 126 Å². The number of hydrogen-bond donors (Lipinski definition) is 3. The average Bonchev–Trinajstić information content (AvgIpc) is 3.39. The number of aromatic nitrogens is 5. The van der Waals surface area contributed by atoms with Crippen LogP contribution in [0.4, 0.5) is 11.6 Å². The Hall–Kier alpha value is -2.66. The molecule has 0 saturated carbocycles. The van der Waals surface area contributed by atoms with Gasteiger partial charge in [0.05, 0.1) is 15.9 Å². The first kappa shape index (κ1) is 21.8. The predicted octanol–water partition coefficient (Wildman–Crippen LogP) is 2.95. The minimum atomic E-state index is 0.139. The molecule has 2 aliphatic heterocycles. The van der Waals surface area contributed by atoms with Crippen LogP contribution in [0.3, 0.4) is 0 Å². The maximum atomic E-state index is 6.72. The third kappa shape index (κ3) is 3.74. The van der Waals surface area contributed by atoms with E-state index in [1.807, 2.05) is 0 Å². The molecule has 11 heteroatoms. The van der Waals surface area contributed by atoms with Crippen LogP contribution in [0.1, 0.15) is 19.0 Å². The van der Waals surface area contributed by atoms with E-state index in [1.54, 1.807) is 6.33 Å². The van der Waals surface area contributed by atoms with Crippen molar-refractivity contribution in [3.8, 4) is 0 Å². The Bertz CT molecular complexity index is 1380. The number of aryl methyl sites for hydroxylation is 1. The van der Waals surface area contributed by atoms with Crippen molar-refractivity contribution in [3.63, 3.8) is 0 Å². The summed E-state index contributed by atoms with van der Waals surface area (Å²) in [6, 6.07) is 6.54. The van der Waals surface area contributed by atoms with E-state index < -0.39 is 0 Å². The molecule has 2 aliphatic rings. The minimum absolute atomic E-state index is 0.139. The Morgan fingerprint density at radius 2 is 1.91 bits per heavy atom. The van der Waals surface area contributed by atoms with Crippen molar-refractivity contribution in [1.29, 1.82) is 0 Å². The number of benzene rings is 1. The van der Waals surface area contributed by atoms with E-state index in [-0.39, 0.29) is 12.1 Å². The zero-order chi connectivity index (χ0) is 23.4. The third-order valence-electron chi connectivity index (χ3n) is 6.51. The van der Waals surface area contributed by atoms with Gasteiger partial charge in [0, 0.05) is 54.2 Å². The van der Waals surface area contributed by atoms with Crippen LogP contribution in [0.2, 0.25) is 5.02 Å². The number of rotatable bonds is 5. The van der Waals surface area contributed by atoms with Crippen molar-refractivity contribution in [2.45, 2.75) is 41.9 Å². The van der Waals surface area contributed by atoms with E-state index in [2.05, 4.69) is 49.9 Å². The summed E-state index contributed by atoms with van der Waals surface area (Å²) in [5.74, 6) is 1.78. The summed E-state index contributed by atoms with van der Waals surface area (Å²) in [6.45, 7) is 5.32. The molecule has 2 saturated heterocycles. The van der Waals surface area contributed by atoms with Crippen molar-refractivity contribution in [2.24, 2.45) is 11.5 Å². The number of halogens is 1. The van der Waals surface area contributed by atoms with Crippen LogP contribution < -0.4 is 21.3 Å². The van der Waals surface area contributed by atoms with Gasteiger partial charge < -0.3 is 26.3 Å². The predicted molar refractivity (Wildman–Crippen MR) is 137 cm³/mol. The largest absolute Gasteiger partial charge is 0.354 e. The Balaban J connectivity index is 1.37.